The fraction of sp³-hybridized carbons (Fsp3) is 0.400. The Balaban J connectivity index is 1.76. The van der Waals surface area contributed by atoms with Crippen molar-refractivity contribution in [2.24, 2.45) is 0 Å². The molecule has 1 aliphatic heterocycles. The van der Waals surface area contributed by atoms with Crippen molar-refractivity contribution in [3.05, 3.63) is 36.0 Å². The van der Waals surface area contributed by atoms with Gasteiger partial charge in [0, 0.05) is 25.5 Å². The lowest BCUT2D eigenvalue weighted by molar-refractivity contribution is -0.0316. The highest BCUT2D eigenvalue weighted by atomic mass is 32.2. The molecule has 0 radical (unpaired) electrons. The van der Waals surface area contributed by atoms with Crippen molar-refractivity contribution in [2.45, 2.75) is 23.8 Å². The van der Waals surface area contributed by atoms with Gasteiger partial charge in [-0.25, -0.2) is 13.2 Å². The number of hydrogen-bond acceptors (Lipinski definition) is 5. The number of hydrogen-bond donors (Lipinski definition) is 2. The van der Waals surface area contributed by atoms with Crippen LogP contribution >= 0.6 is 0 Å². The highest BCUT2D eigenvalue weighted by molar-refractivity contribution is 7.90. The van der Waals surface area contributed by atoms with Gasteiger partial charge in [-0.2, -0.15) is 0 Å². The molecule has 1 aromatic rings. The molecular weight excluding hydrogens is 320 g/mol. The van der Waals surface area contributed by atoms with Crippen molar-refractivity contribution in [3.8, 4) is 0 Å². The molecule has 0 bridgehead atoms. The maximum absolute atomic E-state index is 11.4. The van der Waals surface area contributed by atoms with E-state index in [1.807, 2.05) is 0 Å². The van der Waals surface area contributed by atoms with E-state index in [1.165, 1.54) is 11.2 Å². The van der Waals surface area contributed by atoms with Crippen LogP contribution in [-0.4, -0.2) is 50.0 Å². The van der Waals surface area contributed by atoms with Crippen LogP contribution in [0.1, 0.15) is 18.4 Å². The number of benzene rings is 1. The van der Waals surface area contributed by atoms with E-state index in [0.717, 1.165) is 5.56 Å². The maximum atomic E-state index is 11.4. The van der Waals surface area contributed by atoms with E-state index < -0.39 is 15.9 Å². The van der Waals surface area contributed by atoms with E-state index in [2.05, 4.69) is 5.48 Å². The summed E-state index contributed by atoms with van der Waals surface area (Å²) in [5, 5.41) is 8.86. The molecule has 2 N–H and O–H groups in total. The summed E-state index contributed by atoms with van der Waals surface area (Å²) in [7, 11) is -3.18. The minimum atomic E-state index is -3.18. The van der Waals surface area contributed by atoms with Gasteiger partial charge >= 0.3 is 6.09 Å². The van der Waals surface area contributed by atoms with E-state index in [-0.39, 0.29) is 11.0 Å². The average Bonchev–Trinajstić information content (AvgIpc) is 2.51. The normalized spacial score (nSPS) is 16.7. The third kappa shape index (κ3) is 5.26. The number of rotatable bonds is 5. The predicted octanol–water partition coefficient (Wildman–Crippen LogP) is 1.72. The summed E-state index contributed by atoms with van der Waals surface area (Å²) in [6, 6.07) is 6.52. The predicted molar refractivity (Wildman–Crippen MR) is 85.4 cm³/mol. The monoisotopic (exact) mass is 340 g/mol. The SMILES string of the molecule is CS(=O)(=O)c1ccc(C=CNOC2CCN(C(=O)O)CC2)cc1. The number of likely N-dealkylation sites (tertiary alicyclic amines) is 1. The van der Waals surface area contributed by atoms with Crippen molar-refractivity contribution in [3.63, 3.8) is 0 Å². The van der Waals surface area contributed by atoms with Gasteiger partial charge in [0.05, 0.1) is 11.0 Å². The Hall–Kier alpha value is -2.06. The molecule has 1 heterocycles. The minimum absolute atomic E-state index is 0.0251. The van der Waals surface area contributed by atoms with E-state index in [1.54, 1.807) is 36.5 Å². The molecule has 23 heavy (non-hydrogen) atoms. The lowest BCUT2D eigenvalue weighted by Gasteiger charge is -2.29. The molecule has 7 nitrogen and oxygen atoms in total. The van der Waals surface area contributed by atoms with Gasteiger partial charge in [-0.15, -0.1) is 0 Å². The summed E-state index contributed by atoms with van der Waals surface area (Å²) in [6.45, 7) is 0.941. The fourth-order valence-electron chi connectivity index (χ4n) is 2.26. The van der Waals surface area contributed by atoms with Crippen LogP contribution in [0.4, 0.5) is 4.79 Å². The van der Waals surface area contributed by atoms with Crippen molar-refractivity contribution in [1.29, 1.82) is 0 Å². The first-order valence-corrected chi connectivity index (χ1v) is 9.11. The van der Waals surface area contributed by atoms with Crippen molar-refractivity contribution >= 4 is 22.0 Å². The van der Waals surface area contributed by atoms with Gasteiger partial charge in [-0.3, -0.25) is 10.3 Å². The number of nitrogens with one attached hydrogen (secondary N) is 1. The van der Waals surface area contributed by atoms with Gasteiger partial charge in [0.25, 0.3) is 0 Å². The summed E-state index contributed by atoms with van der Waals surface area (Å²) in [5.41, 5.74) is 3.57. The molecular formula is C15H20N2O5S. The van der Waals surface area contributed by atoms with Crippen molar-refractivity contribution in [1.82, 2.24) is 10.4 Å². The molecule has 1 saturated heterocycles. The second-order valence-electron chi connectivity index (χ2n) is 5.38. The number of carboxylic acid groups (broad SMARTS) is 1. The highest BCUT2D eigenvalue weighted by Crippen LogP contribution is 2.13. The standard InChI is InChI=1S/C15H20N2O5S/c1-23(20,21)14-4-2-12(3-5-14)6-9-16-22-13-7-10-17(11-8-13)15(18)19/h2-6,9,13,16H,7-8,10-11H2,1H3,(H,18,19). The molecule has 1 aromatic carbocycles. The first-order valence-electron chi connectivity index (χ1n) is 7.22. The Morgan fingerprint density at radius 2 is 1.91 bits per heavy atom. The van der Waals surface area contributed by atoms with Crippen LogP contribution in [0.5, 0.6) is 0 Å². The molecule has 1 amide bonds. The molecule has 0 aliphatic carbocycles. The van der Waals surface area contributed by atoms with E-state index in [0.29, 0.717) is 25.9 Å². The van der Waals surface area contributed by atoms with Gasteiger partial charge in [0.15, 0.2) is 9.84 Å². The number of nitrogens with zero attached hydrogens (tertiary/aromatic N) is 1. The number of sulfone groups is 1. The molecule has 1 fully saturated rings. The number of hydroxylamine groups is 1. The molecule has 126 valence electrons. The van der Waals surface area contributed by atoms with Crippen molar-refractivity contribution in [2.75, 3.05) is 19.3 Å². The minimum Gasteiger partial charge on any atom is -0.465 e. The van der Waals surface area contributed by atoms with Gasteiger partial charge in [0.2, 0.25) is 0 Å². The van der Waals surface area contributed by atoms with Crippen molar-refractivity contribution < 1.29 is 23.2 Å². The third-order valence-electron chi connectivity index (χ3n) is 3.60. The highest BCUT2D eigenvalue weighted by Gasteiger charge is 2.22. The van der Waals surface area contributed by atoms with Gasteiger partial charge in [0.1, 0.15) is 0 Å². The number of amides is 1. The summed E-state index contributed by atoms with van der Waals surface area (Å²) in [6.07, 6.45) is 4.93. The van der Waals surface area contributed by atoms with Crippen LogP contribution < -0.4 is 5.48 Å². The molecule has 0 atom stereocenters. The average molecular weight is 340 g/mol. The summed E-state index contributed by atoms with van der Waals surface area (Å²) >= 11 is 0. The van der Waals surface area contributed by atoms with Gasteiger partial charge in [-0.05, 0) is 36.6 Å². The zero-order valence-corrected chi connectivity index (χ0v) is 13.6. The van der Waals surface area contributed by atoms with E-state index in [9.17, 15) is 13.2 Å². The zero-order chi connectivity index (χ0) is 16.9. The Morgan fingerprint density at radius 3 is 2.43 bits per heavy atom. The van der Waals surface area contributed by atoms with Crippen LogP contribution in [0, 0.1) is 0 Å². The second-order valence-corrected chi connectivity index (χ2v) is 7.39. The van der Waals surface area contributed by atoms with Crippen LogP contribution in [0.2, 0.25) is 0 Å². The van der Waals surface area contributed by atoms with Gasteiger partial charge < -0.3 is 10.0 Å². The molecule has 0 unspecified atom stereocenters. The second kappa shape index (κ2) is 7.47. The largest absolute Gasteiger partial charge is 0.465 e. The van der Waals surface area contributed by atoms with E-state index in [4.69, 9.17) is 9.94 Å². The van der Waals surface area contributed by atoms with E-state index >= 15 is 0 Å². The molecule has 0 aromatic heterocycles. The van der Waals surface area contributed by atoms with Crippen LogP contribution in [-0.2, 0) is 14.7 Å². The fourth-order valence-corrected chi connectivity index (χ4v) is 2.89. The summed E-state index contributed by atoms with van der Waals surface area (Å²) < 4.78 is 22.7. The number of piperidine rings is 1. The quantitative estimate of drug-likeness (QED) is 0.793. The Labute approximate surface area is 135 Å². The summed E-state index contributed by atoms with van der Waals surface area (Å²) in [4.78, 5) is 17.9. The van der Waals surface area contributed by atoms with Crippen LogP contribution in [0.25, 0.3) is 6.08 Å². The lowest BCUT2D eigenvalue weighted by atomic mass is 10.1. The molecule has 0 spiro atoms. The Morgan fingerprint density at radius 1 is 1.30 bits per heavy atom. The smallest absolute Gasteiger partial charge is 0.407 e. The number of carbonyl (C=O) groups is 1. The Kier molecular flexibility index (Phi) is 5.62. The van der Waals surface area contributed by atoms with Crippen LogP contribution in [0.15, 0.2) is 35.4 Å². The summed E-state index contributed by atoms with van der Waals surface area (Å²) in [5.74, 6) is 0. The zero-order valence-electron chi connectivity index (χ0n) is 12.8. The Bertz CT molecular complexity index is 662. The molecule has 8 heteroatoms. The van der Waals surface area contributed by atoms with Gasteiger partial charge in [-0.1, -0.05) is 12.1 Å². The first kappa shape index (κ1) is 17.3. The molecule has 2 rings (SSSR count). The molecule has 1 aliphatic rings. The third-order valence-corrected chi connectivity index (χ3v) is 4.73. The lowest BCUT2D eigenvalue weighted by Crippen LogP contribution is -2.41. The first-order chi connectivity index (χ1) is 10.9. The maximum Gasteiger partial charge on any atom is 0.407 e. The van der Waals surface area contributed by atoms with Crippen LogP contribution in [0.3, 0.4) is 0 Å². The topological polar surface area (TPSA) is 95.9 Å². The molecule has 0 saturated carbocycles.